The number of aryl methyl sites for hydroxylation is 2. The van der Waals surface area contributed by atoms with Gasteiger partial charge in [0.1, 0.15) is 5.75 Å². The number of hydrogen-bond acceptors (Lipinski definition) is 4. The maximum absolute atomic E-state index is 12.0. The molecule has 0 fully saturated rings. The van der Waals surface area contributed by atoms with E-state index in [9.17, 15) is 9.59 Å². The molecular weight excluding hydrogens is 348 g/mol. The second-order valence-electron chi connectivity index (χ2n) is 5.98. The third kappa shape index (κ3) is 6.44. The monoisotopic (exact) mass is 372 g/mol. The molecule has 2 amide bonds. The standard InChI is InChI=1S/C20H24N2O3S/c1-14-4-9-18(15(2)10-14)22-20(24)13-26-12-19(23)21-11-16-5-7-17(25-3)8-6-16/h4-10H,11-13H2,1-3H3,(H,21,23)(H,22,24). The van der Waals surface area contributed by atoms with Crippen LogP contribution in [0.2, 0.25) is 0 Å². The Morgan fingerprint density at radius 3 is 2.35 bits per heavy atom. The number of thioether (sulfide) groups is 1. The van der Waals surface area contributed by atoms with Gasteiger partial charge in [-0.15, -0.1) is 11.8 Å². The minimum Gasteiger partial charge on any atom is -0.497 e. The molecule has 0 atom stereocenters. The highest BCUT2D eigenvalue weighted by Crippen LogP contribution is 2.16. The van der Waals surface area contributed by atoms with Crippen LogP contribution in [-0.2, 0) is 16.1 Å². The quantitative estimate of drug-likeness (QED) is 0.746. The van der Waals surface area contributed by atoms with Crippen LogP contribution in [0.25, 0.3) is 0 Å². The zero-order valence-corrected chi connectivity index (χ0v) is 16.1. The van der Waals surface area contributed by atoms with Gasteiger partial charge in [0.15, 0.2) is 0 Å². The minimum atomic E-state index is -0.107. The largest absolute Gasteiger partial charge is 0.497 e. The van der Waals surface area contributed by atoms with Gasteiger partial charge < -0.3 is 15.4 Å². The fourth-order valence-corrected chi connectivity index (χ4v) is 3.02. The normalized spacial score (nSPS) is 10.3. The topological polar surface area (TPSA) is 67.4 Å². The Morgan fingerprint density at radius 2 is 1.69 bits per heavy atom. The smallest absolute Gasteiger partial charge is 0.234 e. The Bertz CT molecular complexity index is 760. The molecule has 2 rings (SSSR count). The molecule has 0 aromatic heterocycles. The van der Waals surface area contributed by atoms with E-state index in [1.807, 2.05) is 56.3 Å². The van der Waals surface area contributed by atoms with Crippen LogP contribution in [0, 0.1) is 13.8 Å². The predicted octanol–water partition coefficient (Wildman–Crippen LogP) is 3.30. The third-order valence-electron chi connectivity index (χ3n) is 3.77. The van der Waals surface area contributed by atoms with Gasteiger partial charge in [0, 0.05) is 12.2 Å². The number of hydrogen-bond donors (Lipinski definition) is 2. The molecule has 2 aromatic carbocycles. The molecule has 0 aliphatic heterocycles. The summed E-state index contributed by atoms with van der Waals surface area (Å²) in [6.45, 7) is 4.43. The lowest BCUT2D eigenvalue weighted by atomic mass is 10.1. The van der Waals surface area contributed by atoms with Crippen molar-refractivity contribution in [2.75, 3.05) is 23.9 Å². The number of rotatable bonds is 8. The number of methoxy groups -OCH3 is 1. The molecule has 26 heavy (non-hydrogen) atoms. The first-order chi connectivity index (χ1) is 12.5. The van der Waals surface area contributed by atoms with E-state index < -0.39 is 0 Å². The molecule has 2 N–H and O–H groups in total. The van der Waals surface area contributed by atoms with Gasteiger partial charge in [0.25, 0.3) is 0 Å². The number of nitrogens with one attached hydrogen (secondary N) is 2. The zero-order valence-electron chi connectivity index (χ0n) is 15.3. The van der Waals surface area contributed by atoms with Gasteiger partial charge in [0.2, 0.25) is 11.8 Å². The van der Waals surface area contributed by atoms with E-state index in [4.69, 9.17) is 4.74 Å². The molecule has 0 heterocycles. The molecule has 0 spiro atoms. The SMILES string of the molecule is COc1ccc(CNC(=O)CSCC(=O)Nc2ccc(C)cc2C)cc1. The third-order valence-corrected chi connectivity index (χ3v) is 4.70. The summed E-state index contributed by atoms with van der Waals surface area (Å²) < 4.78 is 5.10. The van der Waals surface area contributed by atoms with E-state index in [1.165, 1.54) is 11.8 Å². The molecular formula is C20H24N2O3S. The summed E-state index contributed by atoms with van der Waals surface area (Å²) in [5.41, 5.74) is 3.99. The Hall–Kier alpha value is -2.47. The van der Waals surface area contributed by atoms with E-state index in [2.05, 4.69) is 10.6 Å². The van der Waals surface area contributed by atoms with Crippen molar-refractivity contribution >= 4 is 29.3 Å². The van der Waals surface area contributed by atoms with Crippen molar-refractivity contribution in [3.05, 3.63) is 59.2 Å². The van der Waals surface area contributed by atoms with Crippen molar-refractivity contribution < 1.29 is 14.3 Å². The average molecular weight is 372 g/mol. The predicted molar refractivity (Wildman–Crippen MR) is 107 cm³/mol. The highest BCUT2D eigenvalue weighted by atomic mass is 32.2. The maximum Gasteiger partial charge on any atom is 0.234 e. The molecule has 0 aliphatic carbocycles. The van der Waals surface area contributed by atoms with Gasteiger partial charge in [0.05, 0.1) is 18.6 Å². The summed E-state index contributed by atoms with van der Waals surface area (Å²) >= 11 is 1.29. The number of carbonyl (C=O) groups excluding carboxylic acids is 2. The van der Waals surface area contributed by atoms with Crippen LogP contribution in [0.4, 0.5) is 5.69 Å². The number of ether oxygens (including phenoxy) is 1. The Kier molecular flexibility index (Phi) is 7.53. The fraction of sp³-hybridized carbons (Fsp3) is 0.300. The Labute approximate surface area is 158 Å². The van der Waals surface area contributed by atoms with E-state index in [1.54, 1.807) is 7.11 Å². The average Bonchev–Trinajstić information content (AvgIpc) is 2.63. The van der Waals surface area contributed by atoms with Crippen LogP contribution in [0.15, 0.2) is 42.5 Å². The summed E-state index contributed by atoms with van der Waals surface area (Å²) in [5.74, 6) is 1.07. The van der Waals surface area contributed by atoms with Crippen molar-refractivity contribution in [1.29, 1.82) is 0 Å². The lowest BCUT2D eigenvalue weighted by molar-refractivity contribution is -0.118. The maximum atomic E-state index is 12.0. The first-order valence-electron chi connectivity index (χ1n) is 8.32. The van der Waals surface area contributed by atoms with Crippen molar-refractivity contribution in [1.82, 2.24) is 5.32 Å². The highest BCUT2D eigenvalue weighted by Gasteiger charge is 2.07. The first kappa shape index (κ1) is 19.8. The van der Waals surface area contributed by atoms with Crippen molar-refractivity contribution in [2.24, 2.45) is 0 Å². The summed E-state index contributed by atoms with van der Waals surface area (Å²) in [7, 11) is 1.62. The molecule has 138 valence electrons. The molecule has 0 bridgehead atoms. The van der Waals surface area contributed by atoms with Crippen molar-refractivity contribution in [2.45, 2.75) is 20.4 Å². The second kappa shape index (κ2) is 9.87. The van der Waals surface area contributed by atoms with E-state index in [-0.39, 0.29) is 23.3 Å². The van der Waals surface area contributed by atoms with Gasteiger partial charge in [-0.1, -0.05) is 29.8 Å². The van der Waals surface area contributed by atoms with Gasteiger partial charge in [-0.25, -0.2) is 0 Å². The van der Waals surface area contributed by atoms with Crippen LogP contribution in [0.5, 0.6) is 5.75 Å². The molecule has 0 saturated carbocycles. The number of anilines is 1. The van der Waals surface area contributed by atoms with Crippen LogP contribution in [-0.4, -0.2) is 30.4 Å². The molecule has 0 saturated heterocycles. The van der Waals surface area contributed by atoms with Crippen LogP contribution < -0.4 is 15.4 Å². The summed E-state index contributed by atoms with van der Waals surface area (Å²) in [4.78, 5) is 23.9. The highest BCUT2D eigenvalue weighted by molar-refractivity contribution is 8.00. The molecule has 6 heteroatoms. The van der Waals surface area contributed by atoms with Gasteiger partial charge in [-0.2, -0.15) is 0 Å². The van der Waals surface area contributed by atoms with Crippen LogP contribution >= 0.6 is 11.8 Å². The number of benzene rings is 2. The van der Waals surface area contributed by atoms with Gasteiger partial charge >= 0.3 is 0 Å². The van der Waals surface area contributed by atoms with Gasteiger partial charge in [-0.05, 0) is 43.2 Å². The number of carbonyl (C=O) groups is 2. The summed E-state index contributed by atoms with van der Waals surface area (Å²) in [6.07, 6.45) is 0. The van der Waals surface area contributed by atoms with Crippen molar-refractivity contribution in [3.8, 4) is 5.75 Å². The summed E-state index contributed by atoms with van der Waals surface area (Å²) in [6, 6.07) is 13.4. The zero-order chi connectivity index (χ0) is 18.9. The molecule has 5 nitrogen and oxygen atoms in total. The van der Waals surface area contributed by atoms with E-state index in [0.717, 1.165) is 28.1 Å². The lowest BCUT2D eigenvalue weighted by Gasteiger charge is -2.09. The van der Waals surface area contributed by atoms with Crippen LogP contribution in [0.3, 0.4) is 0 Å². The second-order valence-corrected chi connectivity index (χ2v) is 6.97. The number of amides is 2. The van der Waals surface area contributed by atoms with E-state index >= 15 is 0 Å². The fourth-order valence-electron chi connectivity index (χ4n) is 2.37. The minimum absolute atomic E-state index is 0.0925. The molecule has 0 radical (unpaired) electrons. The van der Waals surface area contributed by atoms with Crippen LogP contribution in [0.1, 0.15) is 16.7 Å². The first-order valence-corrected chi connectivity index (χ1v) is 9.48. The Morgan fingerprint density at radius 1 is 1.00 bits per heavy atom. The molecule has 2 aromatic rings. The van der Waals surface area contributed by atoms with Crippen molar-refractivity contribution in [3.63, 3.8) is 0 Å². The van der Waals surface area contributed by atoms with E-state index in [0.29, 0.717) is 6.54 Å². The molecule has 0 unspecified atom stereocenters. The molecule has 0 aliphatic rings. The summed E-state index contributed by atoms with van der Waals surface area (Å²) in [5, 5.41) is 5.72. The van der Waals surface area contributed by atoms with Gasteiger partial charge in [-0.3, -0.25) is 9.59 Å². The lowest BCUT2D eigenvalue weighted by Crippen LogP contribution is -2.25. The Balaban J connectivity index is 1.67.